The summed E-state index contributed by atoms with van der Waals surface area (Å²) in [7, 11) is -9.78. The average molecular weight is 1460 g/mol. The van der Waals surface area contributed by atoms with E-state index in [-0.39, 0.29) is 19.3 Å². The van der Waals surface area contributed by atoms with Gasteiger partial charge in [-0.15, -0.1) is 0 Å². The zero-order chi connectivity index (χ0) is 73.7. The number of phosphoric ester groups is 2. The Labute approximate surface area is 615 Å². The molecule has 0 saturated heterocycles. The van der Waals surface area contributed by atoms with Crippen molar-refractivity contribution in [2.45, 2.75) is 360 Å². The van der Waals surface area contributed by atoms with Gasteiger partial charge < -0.3 is 34.2 Å². The maximum atomic E-state index is 13.0. The minimum absolute atomic E-state index is 0.105. The maximum Gasteiger partial charge on any atom is 0.472 e. The van der Waals surface area contributed by atoms with Crippen LogP contribution in [0, 0.1) is 0 Å². The lowest BCUT2D eigenvalue weighted by molar-refractivity contribution is -0.161. The third-order valence-electron chi connectivity index (χ3n) is 17.0. The van der Waals surface area contributed by atoms with E-state index >= 15 is 0 Å². The van der Waals surface area contributed by atoms with Crippen molar-refractivity contribution in [3.8, 4) is 0 Å². The van der Waals surface area contributed by atoms with Gasteiger partial charge in [0.15, 0.2) is 6.10 Å². The molecule has 0 spiro atoms. The molecule has 0 heterocycles. The van der Waals surface area contributed by atoms with Gasteiger partial charge in [0.2, 0.25) is 0 Å². The van der Waals surface area contributed by atoms with E-state index in [2.05, 4.69) is 130 Å². The van der Waals surface area contributed by atoms with Crippen molar-refractivity contribution < 1.29 is 75.8 Å². The lowest BCUT2D eigenvalue weighted by atomic mass is 10.0. The van der Waals surface area contributed by atoms with Gasteiger partial charge in [-0.25, -0.2) is 9.13 Å². The highest BCUT2D eigenvalue weighted by Crippen LogP contribution is 2.45. The molecule has 0 aromatic heterocycles. The van der Waals surface area contributed by atoms with Crippen LogP contribution in [0.4, 0.5) is 0 Å². The molecule has 0 aliphatic carbocycles. The molecule has 18 heteroatoms. The molecule has 5 unspecified atom stereocenters. The summed E-state index contributed by atoms with van der Waals surface area (Å²) in [5.41, 5.74) is 0. The zero-order valence-electron chi connectivity index (χ0n) is 63.8. The molecule has 0 fully saturated rings. The Bertz CT molecular complexity index is 2270. The van der Waals surface area contributed by atoms with Crippen LogP contribution in [0.1, 0.15) is 342 Å². The Morgan fingerprint density at radius 1 is 0.287 bits per heavy atom. The van der Waals surface area contributed by atoms with Crippen LogP contribution in [-0.2, 0) is 55.8 Å². The number of hydrogen-bond donors (Lipinski definition) is 4. The summed E-state index contributed by atoms with van der Waals surface area (Å²) in [4.78, 5) is 58.6. The summed E-state index contributed by atoms with van der Waals surface area (Å²) >= 11 is 0. The van der Waals surface area contributed by atoms with Gasteiger partial charge in [0, 0.05) is 19.3 Å². The maximum absolute atomic E-state index is 13.0. The third-order valence-corrected chi connectivity index (χ3v) is 18.9. The van der Waals surface area contributed by atoms with Crippen LogP contribution in [0.25, 0.3) is 0 Å². The van der Waals surface area contributed by atoms with Crippen LogP contribution >= 0.6 is 15.6 Å². The topological polar surface area (TPSA) is 231 Å². The van der Waals surface area contributed by atoms with E-state index < -0.39 is 91.5 Å². The predicted molar refractivity (Wildman–Crippen MR) is 417 cm³/mol. The smallest absolute Gasteiger partial charge is 0.463 e. The Morgan fingerprint density at radius 2 is 0.525 bits per heavy atom. The summed E-state index contributed by atoms with van der Waals surface area (Å²) in [6, 6.07) is 0. The Morgan fingerprint density at radius 3 is 0.851 bits per heavy atom. The fraction of sp³-hybridized carbons (Fsp3) is 0.747. The van der Waals surface area contributed by atoms with Crippen molar-refractivity contribution in [3.05, 3.63) is 109 Å². The molecular formula is C83H146O16P2. The first-order valence-electron chi connectivity index (χ1n) is 40.2. The number of hydrogen-bond acceptors (Lipinski definition) is 14. The molecule has 0 amide bonds. The first-order chi connectivity index (χ1) is 49.2. The van der Waals surface area contributed by atoms with Gasteiger partial charge in [-0.3, -0.25) is 32.5 Å². The molecule has 0 saturated carbocycles. The second-order valence-electron chi connectivity index (χ2n) is 26.8. The number of allylic oxidation sites excluding steroid dienone is 18. The molecule has 4 N–H and O–H groups in total. The summed E-state index contributed by atoms with van der Waals surface area (Å²) < 4.78 is 61.2. The monoisotopic (exact) mass is 1460 g/mol. The number of unbranched alkanes of at least 4 members (excludes halogenated alkanes) is 35. The fourth-order valence-electron chi connectivity index (χ4n) is 10.9. The predicted octanol–water partition coefficient (Wildman–Crippen LogP) is 23.5. The minimum Gasteiger partial charge on any atom is -0.463 e. The first kappa shape index (κ1) is 97.2. The van der Waals surface area contributed by atoms with Gasteiger partial charge in [0.05, 0.1) is 26.4 Å². The standard InChI is InChI=1S/C83H146O16P2/c1-4-7-10-13-16-19-22-25-27-29-31-33-35-36-37-38-39-40-42-44-45-47-49-52-54-57-60-63-66-69-81(86)93-72-78(84)73-95-100(89,90)96-74-79(85)75-97-101(91,92)98-77-80(99-83(88)71-68-65-62-59-56-51-24-21-18-15-12-9-6-3)76-94-82(87)70-67-64-61-58-55-53-50-48-46-43-41-34-32-30-28-26-23-20-17-14-11-8-5-2/h7,10,16-17,19-20,25-28,31-34,36-37,43,46,78-80,84-85H,4-6,8-9,11-15,18,21-24,29-30,35,38-42,44-45,47-77H2,1-3H3,(H,89,90)(H,91,92)/b10-7-,19-16-,20-17-,27-25-,28-26-,33-31-,34-32-,37-36-,46-43-. The Hall–Kier alpha value is -3.79. The average Bonchev–Trinajstić information content (AvgIpc) is 0.933. The highest BCUT2D eigenvalue weighted by molar-refractivity contribution is 7.47. The summed E-state index contributed by atoms with van der Waals surface area (Å²) in [6.07, 6.45) is 88.5. The van der Waals surface area contributed by atoms with E-state index in [1.807, 2.05) is 0 Å². The molecule has 101 heavy (non-hydrogen) atoms. The molecule has 0 aromatic carbocycles. The van der Waals surface area contributed by atoms with Crippen LogP contribution in [-0.4, -0.2) is 95.9 Å². The Kier molecular flexibility index (Phi) is 73.0. The lowest BCUT2D eigenvalue weighted by Gasteiger charge is -2.21. The number of ether oxygens (including phenoxy) is 3. The van der Waals surface area contributed by atoms with Gasteiger partial charge in [-0.1, -0.05) is 323 Å². The van der Waals surface area contributed by atoms with E-state index in [9.17, 15) is 43.5 Å². The number of aliphatic hydroxyl groups is 2. The number of rotatable bonds is 76. The van der Waals surface area contributed by atoms with Crippen molar-refractivity contribution in [2.75, 3.05) is 39.6 Å². The van der Waals surface area contributed by atoms with E-state index in [1.165, 1.54) is 135 Å². The first-order valence-corrected chi connectivity index (χ1v) is 43.2. The van der Waals surface area contributed by atoms with Gasteiger partial charge in [-0.05, 0) is 109 Å². The largest absolute Gasteiger partial charge is 0.472 e. The molecule has 0 bridgehead atoms. The van der Waals surface area contributed by atoms with Crippen LogP contribution in [0.15, 0.2) is 109 Å². The molecule has 0 aliphatic heterocycles. The fourth-order valence-corrected chi connectivity index (χ4v) is 12.5. The van der Waals surface area contributed by atoms with E-state index in [4.69, 9.17) is 32.3 Å². The Balaban J connectivity index is 4.49. The van der Waals surface area contributed by atoms with Gasteiger partial charge in [0.1, 0.15) is 25.4 Å². The van der Waals surface area contributed by atoms with Crippen molar-refractivity contribution in [1.82, 2.24) is 0 Å². The second-order valence-corrected chi connectivity index (χ2v) is 29.8. The van der Waals surface area contributed by atoms with Gasteiger partial charge in [-0.2, -0.15) is 0 Å². The summed E-state index contributed by atoms with van der Waals surface area (Å²) in [5.74, 6) is -1.57. The van der Waals surface area contributed by atoms with E-state index in [0.29, 0.717) is 19.3 Å². The lowest BCUT2D eigenvalue weighted by Crippen LogP contribution is -2.30. The molecule has 5 atom stereocenters. The molecule has 0 aliphatic rings. The minimum atomic E-state index is -4.93. The van der Waals surface area contributed by atoms with Gasteiger partial charge in [0.25, 0.3) is 0 Å². The molecular weight excluding hydrogens is 1310 g/mol. The zero-order valence-corrected chi connectivity index (χ0v) is 65.6. The van der Waals surface area contributed by atoms with Crippen LogP contribution < -0.4 is 0 Å². The summed E-state index contributed by atoms with van der Waals surface area (Å²) in [6.45, 7) is 2.56. The van der Waals surface area contributed by atoms with Crippen molar-refractivity contribution in [1.29, 1.82) is 0 Å². The molecule has 584 valence electrons. The van der Waals surface area contributed by atoms with Crippen LogP contribution in [0.5, 0.6) is 0 Å². The number of carbonyl (C=O) groups excluding carboxylic acids is 3. The number of carbonyl (C=O) groups is 3. The number of aliphatic hydroxyl groups excluding tert-OH is 2. The van der Waals surface area contributed by atoms with Gasteiger partial charge >= 0.3 is 33.6 Å². The SMILES string of the molecule is CC/C=C\C/C=C\C/C=C\C/C=C\C/C=C\CCCCCCCCCCCCCCCC(=O)OCC(O)COP(=O)(O)OCC(O)COP(=O)(O)OCC(COC(=O)CCCCCCCCC/C=C\C/C=C\C/C=C\C/C=C\CCCCC)OC(=O)CCCCCCCCCCCCCCC. The molecule has 0 aromatic rings. The van der Waals surface area contributed by atoms with E-state index in [0.717, 1.165) is 148 Å². The van der Waals surface area contributed by atoms with E-state index in [1.54, 1.807) is 0 Å². The normalized spacial score (nSPS) is 14.6. The molecule has 16 nitrogen and oxygen atoms in total. The number of phosphoric acid groups is 2. The molecule has 0 rings (SSSR count). The second kappa shape index (κ2) is 75.9. The molecule has 0 radical (unpaired) electrons. The van der Waals surface area contributed by atoms with Crippen LogP contribution in [0.2, 0.25) is 0 Å². The third kappa shape index (κ3) is 77.1. The van der Waals surface area contributed by atoms with Crippen molar-refractivity contribution in [3.63, 3.8) is 0 Å². The van der Waals surface area contributed by atoms with Crippen molar-refractivity contribution in [2.24, 2.45) is 0 Å². The van der Waals surface area contributed by atoms with Crippen molar-refractivity contribution >= 4 is 33.6 Å². The number of esters is 3. The summed E-state index contributed by atoms with van der Waals surface area (Å²) in [5, 5.41) is 20.6. The highest BCUT2D eigenvalue weighted by atomic mass is 31.2. The highest BCUT2D eigenvalue weighted by Gasteiger charge is 2.29. The quantitative estimate of drug-likeness (QED) is 0.0146. The van der Waals surface area contributed by atoms with Crippen LogP contribution in [0.3, 0.4) is 0 Å².